The van der Waals surface area contributed by atoms with Crippen LogP contribution in [-0.4, -0.2) is 62.2 Å². The van der Waals surface area contributed by atoms with Crippen molar-refractivity contribution in [3.05, 3.63) is 35.9 Å². The smallest absolute Gasteiger partial charge is 0.238 e. The largest absolute Gasteiger partial charge is 0.353 e. The molecule has 6 nitrogen and oxygen atoms in total. The number of likely N-dealkylation sites (tertiary alicyclic amines) is 1. The van der Waals surface area contributed by atoms with Crippen LogP contribution in [0.4, 0.5) is 0 Å². The van der Waals surface area contributed by atoms with Crippen molar-refractivity contribution in [3.8, 4) is 0 Å². The molecule has 0 aromatic heterocycles. The topological polar surface area (TPSA) is 76.0 Å². The van der Waals surface area contributed by atoms with Gasteiger partial charge in [0.25, 0.3) is 0 Å². The fourth-order valence-corrected chi connectivity index (χ4v) is 6.60. The summed E-state index contributed by atoms with van der Waals surface area (Å²) in [4.78, 5) is 15.8. The van der Waals surface area contributed by atoms with E-state index in [9.17, 15) is 15.0 Å². The van der Waals surface area contributed by atoms with E-state index in [1.54, 1.807) is 0 Å². The number of amides is 1. The molecule has 1 saturated carbocycles. The number of nitrogens with one attached hydrogen (secondary N) is 1. The van der Waals surface area contributed by atoms with Crippen LogP contribution < -0.4 is 5.32 Å². The lowest BCUT2D eigenvalue weighted by Crippen LogP contribution is -2.55. The van der Waals surface area contributed by atoms with E-state index < -0.39 is 12.0 Å². The maximum absolute atomic E-state index is 13.3. The zero-order valence-corrected chi connectivity index (χ0v) is 18.9. The summed E-state index contributed by atoms with van der Waals surface area (Å²) in [5.41, 5.74) is 1.34. The summed E-state index contributed by atoms with van der Waals surface area (Å²) in [7, 11) is 0. The fraction of sp³-hybridized carbons (Fsp3) is 0.696. The van der Waals surface area contributed by atoms with Crippen LogP contribution in [0.25, 0.3) is 0 Å². The quantitative estimate of drug-likeness (QED) is 0.453. The highest BCUT2D eigenvalue weighted by Crippen LogP contribution is 2.40. The van der Waals surface area contributed by atoms with Gasteiger partial charge in [-0.3, -0.25) is 9.69 Å². The standard InChI is InChI=1S/C23H35N3O3S/c1-16(2)12-21(26-23(28,29)10-11-30-26)22(27)24-20-9-8-18-14-25(15-19(18)20)13-17-6-4-3-5-7-17/h3-7,16,18-21,28-29H,8-15H2,1-2H3,(H,24,27)/t18-,19?,20?,21?/m0/s1. The molecular weight excluding hydrogens is 398 g/mol. The van der Waals surface area contributed by atoms with Gasteiger partial charge >= 0.3 is 0 Å². The van der Waals surface area contributed by atoms with E-state index in [1.807, 2.05) is 6.07 Å². The molecule has 4 atom stereocenters. The minimum absolute atomic E-state index is 0.0577. The Morgan fingerprint density at radius 1 is 1.23 bits per heavy atom. The van der Waals surface area contributed by atoms with Crippen molar-refractivity contribution in [2.24, 2.45) is 17.8 Å². The highest BCUT2D eigenvalue weighted by Gasteiger charge is 2.47. The Morgan fingerprint density at radius 3 is 2.67 bits per heavy atom. The molecular formula is C23H35N3O3S. The maximum atomic E-state index is 13.3. The van der Waals surface area contributed by atoms with Crippen LogP contribution in [0.5, 0.6) is 0 Å². The predicted molar refractivity (Wildman–Crippen MR) is 119 cm³/mol. The van der Waals surface area contributed by atoms with Crippen LogP contribution in [0, 0.1) is 17.8 Å². The number of carbonyl (C=O) groups excluding carboxylic acids is 1. The van der Waals surface area contributed by atoms with Gasteiger partial charge in [0.2, 0.25) is 11.8 Å². The zero-order valence-electron chi connectivity index (χ0n) is 18.0. The molecule has 3 N–H and O–H groups in total. The van der Waals surface area contributed by atoms with Crippen molar-refractivity contribution < 1.29 is 15.0 Å². The van der Waals surface area contributed by atoms with Crippen LogP contribution in [0.15, 0.2) is 30.3 Å². The van der Waals surface area contributed by atoms with Gasteiger partial charge in [-0.1, -0.05) is 56.1 Å². The average Bonchev–Trinajstić information content (AvgIpc) is 3.35. The lowest BCUT2D eigenvalue weighted by molar-refractivity contribution is -0.233. The Morgan fingerprint density at radius 2 is 2.00 bits per heavy atom. The summed E-state index contributed by atoms with van der Waals surface area (Å²) in [6, 6.07) is 10.2. The van der Waals surface area contributed by atoms with Gasteiger partial charge in [0.15, 0.2) is 0 Å². The van der Waals surface area contributed by atoms with Crippen molar-refractivity contribution in [3.63, 3.8) is 0 Å². The molecule has 0 bridgehead atoms. The Hall–Kier alpha value is -1.12. The molecule has 166 valence electrons. The third-order valence-electron chi connectivity index (χ3n) is 6.81. The zero-order chi connectivity index (χ0) is 21.3. The minimum Gasteiger partial charge on any atom is -0.353 e. The van der Waals surface area contributed by atoms with Crippen molar-refractivity contribution in [1.82, 2.24) is 14.5 Å². The first kappa shape index (κ1) is 22.1. The molecule has 2 aliphatic heterocycles. The first-order chi connectivity index (χ1) is 14.3. The third-order valence-corrected chi connectivity index (χ3v) is 8.02. The second-order valence-electron chi connectivity index (χ2n) is 9.62. The SMILES string of the molecule is CC(C)CC(C(=O)NC1CC[C@H]2CN(Cc3ccccc3)CC12)N1SCCC1(O)O. The molecule has 1 aromatic carbocycles. The first-order valence-electron chi connectivity index (χ1n) is 11.3. The number of rotatable bonds is 7. The van der Waals surface area contributed by atoms with E-state index in [2.05, 4.69) is 48.3 Å². The molecule has 0 spiro atoms. The number of nitrogens with zero attached hydrogens (tertiary/aromatic N) is 2. The van der Waals surface area contributed by atoms with Crippen LogP contribution in [-0.2, 0) is 11.3 Å². The van der Waals surface area contributed by atoms with Gasteiger partial charge in [-0.2, -0.15) is 4.31 Å². The van der Waals surface area contributed by atoms with Crippen molar-refractivity contribution in [2.75, 3.05) is 18.8 Å². The number of carbonyl (C=O) groups is 1. The molecule has 4 rings (SSSR count). The average molecular weight is 434 g/mol. The molecule has 3 unspecified atom stereocenters. The second-order valence-corrected chi connectivity index (χ2v) is 10.7. The Labute approximate surface area is 184 Å². The molecule has 3 fully saturated rings. The van der Waals surface area contributed by atoms with E-state index in [0.717, 1.165) is 32.5 Å². The van der Waals surface area contributed by atoms with Crippen molar-refractivity contribution in [1.29, 1.82) is 0 Å². The summed E-state index contributed by atoms with van der Waals surface area (Å²) in [5, 5.41) is 24.0. The number of hydrogen-bond donors (Lipinski definition) is 3. The van der Waals surface area contributed by atoms with E-state index in [1.165, 1.54) is 21.8 Å². The van der Waals surface area contributed by atoms with Crippen LogP contribution in [0.1, 0.15) is 45.1 Å². The number of hydrogen-bond acceptors (Lipinski definition) is 6. The van der Waals surface area contributed by atoms with Crippen LogP contribution >= 0.6 is 11.9 Å². The number of aliphatic hydroxyl groups is 2. The van der Waals surface area contributed by atoms with E-state index >= 15 is 0 Å². The van der Waals surface area contributed by atoms with Gasteiger partial charge in [-0.25, -0.2) is 0 Å². The minimum atomic E-state index is -1.90. The Balaban J connectivity index is 1.38. The van der Waals surface area contributed by atoms with Crippen molar-refractivity contribution >= 4 is 17.9 Å². The van der Waals surface area contributed by atoms with Gasteiger partial charge in [-0.15, -0.1) is 0 Å². The number of benzene rings is 1. The molecule has 2 heterocycles. The van der Waals surface area contributed by atoms with E-state index in [0.29, 0.717) is 29.9 Å². The normalized spacial score (nSPS) is 30.0. The Bertz CT molecular complexity index is 730. The molecule has 7 heteroatoms. The van der Waals surface area contributed by atoms with Gasteiger partial charge < -0.3 is 15.5 Å². The molecule has 3 aliphatic rings. The lowest BCUT2D eigenvalue weighted by atomic mass is 9.96. The molecule has 1 aromatic rings. The second kappa shape index (κ2) is 9.17. The first-order valence-corrected chi connectivity index (χ1v) is 12.2. The molecule has 1 aliphatic carbocycles. The highest BCUT2D eigenvalue weighted by molar-refractivity contribution is 7.97. The van der Waals surface area contributed by atoms with Gasteiger partial charge in [0, 0.05) is 37.8 Å². The summed E-state index contributed by atoms with van der Waals surface area (Å²) in [6.45, 7) is 7.22. The Kier molecular flexibility index (Phi) is 6.75. The predicted octanol–water partition coefficient (Wildman–Crippen LogP) is 2.42. The van der Waals surface area contributed by atoms with Crippen LogP contribution in [0.3, 0.4) is 0 Å². The molecule has 2 saturated heterocycles. The van der Waals surface area contributed by atoms with Gasteiger partial charge in [0.05, 0.1) is 0 Å². The highest BCUT2D eigenvalue weighted by atomic mass is 32.2. The summed E-state index contributed by atoms with van der Waals surface area (Å²) in [6.07, 6.45) is 3.05. The van der Waals surface area contributed by atoms with E-state index in [4.69, 9.17) is 0 Å². The monoisotopic (exact) mass is 433 g/mol. The van der Waals surface area contributed by atoms with Crippen LogP contribution in [0.2, 0.25) is 0 Å². The lowest BCUT2D eigenvalue weighted by Gasteiger charge is -2.35. The number of fused-ring (bicyclic) bond motifs is 1. The van der Waals surface area contributed by atoms with Gasteiger partial charge in [0.1, 0.15) is 6.04 Å². The molecule has 30 heavy (non-hydrogen) atoms. The summed E-state index contributed by atoms with van der Waals surface area (Å²) < 4.78 is 1.52. The molecule has 0 radical (unpaired) electrons. The summed E-state index contributed by atoms with van der Waals surface area (Å²) in [5.74, 6) is 0.0756. The van der Waals surface area contributed by atoms with Crippen molar-refractivity contribution in [2.45, 2.75) is 64.1 Å². The van der Waals surface area contributed by atoms with E-state index in [-0.39, 0.29) is 18.4 Å². The summed E-state index contributed by atoms with van der Waals surface area (Å²) >= 11 is 1.37. The van der Waals surface area contributed by atoms with Gasteiger partial charge in [-0.05, 0) is 42.6 Å². The fourth-order valence-electron chi connectivity index (χ4n) is 5.38. The molecule has 1 amide bonds. The third kappa shape index (κ3) is 4.86. The maximum Gasteiger partial charge on any atom is 0.238 e.